The van der Waals surface area contributed by atoms with Crippen LogP contribution in [0.25, 0.3) is 0 Å². The van der Waals surface area contributed by atoms with Crippen LogP contribution in [0.1, 0.15) is 13.8 Å². The van der Waals surface area contributed by atoms with Crippen LogP contribution >= 0.6 is 0 Å². The van der Waals surface area contributed by atoms with Crippen LogP contribution in [-0.2, 0) is 28.7 Å². The third-order valence-electron chi connectivity index (χ3n) is 3.00. The van der Waals surface area contributed by atoms with Gasteiger partial charge in [-0.05, 0) is 0 Å². The summed E-state index contributed by atoms with van der Waals surface area (Å²) in [5, 5.41) is 0. The Bertz CT molecular complexity index is 418. The number of methoxy groups -OCH3 is 1. The highest BCUT2D eigenvalue weighted by Gasteiger charge is 2.22. The van der Waals surface area contributed by atoms with Crippen LogP contribution in [0.3, 0.4) is 0 Å². The highest BCUT2D eigenvalue weighted by Crippen LogP contribution is 2.11. The summed E-state index contributed by atoms with van der Waals surface area (Å²) in [6.45, 7) is 3.53. The fourth-order valence-electron chi connectivity index (χ4n) is 1.34. The van der Waals surface area contributed by atoms with Crippen molar-refractivity contribution >= 4 is 24.1 Å². The van der Waals surface area contributed by atoms with E-state index in [1.54, 1.807) is 20.9 Å². The monoisotopic (exact) mass is 299 g/mol. The first-order valence-corrected chi connectivity index (χ1v) is 6.46. The second-order valence-corrected chi connectivity index (χ2v) is 4.57. The van der Waals surface area contributed by atoms with E-state index in [9.17, 15) is 19.2 Å². The van der Waals surface area contributed by atoms with Gasteiger partial charge in [0.25, 0.3) is 0 Å². The highest BCUT2D eigenvalue weighted by molar-refractivity contribution is 5.91. The van der Waals surface area contributed by atoms with E-state index in [4.69, 9.17) is 4.74 Å². The summed E-state index contributed by atoms with van der Waals surface area (Å²) in [5.74, 6) is -2.35. The molecule has 2 unspecified atom stereocenters. The fraction of sp³-hybridized carbons (Fsp3) is 0.571. The maximum absolute atomic E-state index is 11.9. The van der Waals surface area contributed by atoms with E-state index in [1.165, 1.54) is 12.0 Å². The predicted octanol–water partition coefficient (Wildman–Crippen LogP) is 0.188. The topological polar surface area (TPSA) is 90.0 Å². The summed E-state index contributed by atoms with van der Waals surface area (Å²) in [5.41, 5.74) is 0. The maximum atomic E-state index is 11.9. The second-order valence-electron chi connectivity index (χ2n) is 4.57. The van der Waals surface area contributed by atoms with Gasteiger partial charge in [0.05, 0.1) is 13.7 Å². The lowest BCUT2D eigenvalue weighted by molar-refractivity contribution is -0.142. The molecule has 0 heterocycles. The summed E-state index contributed by atoms with van der Waals surface area (Å²) < 4.78 is 9.15. The Kier molecular flexibility index (Phi) is 8.68. The van der Waals surface area contributed by atoms with E-state index < -0.39 is 17.9 Å². The molecule has 7 nitrogen and oxygen atoms in total. The zero-order valence-electron chi connectivity index (χ0n) is 12.7. The lowest BCUT2D eigenvalue weighted by Gasteiger charge is -2.22. The maximum Gasteiger partial charge on any atom is 0.331 e. The van der Waals surface area contributed by atoms with E-state index >= 15 is 0 Å². The summed E-state index contributed by atoms with van der Waals surface area (Å²) >= 11 is 0. The Morgan fingerprint density at radius 1 is 1.14 bits per heavy atom. The molecule has 0 aliphatic carbocycles. The van der Waals surface area contributed by atoms with E-state index in [2.05, 4.69) is 4.74 Å². The quantitative estimate of drug-likeness (QED) is 0.361. The molecule has 21 heavy (non-hydrogen) atoms. The largest absolute Gasteiger partial charge is 0.466 e. The lowest BCUT2D eigenvalue weighted by atomic mass is 9.96. The number of nitrogens with zero attached hydrogens (tertiary/aromatic N) is 1. The van der Waals surface area contributed by atoms with Gasteiger partial charge in [-0.1, -0.05) is 13.8 Å². The van der Waals surface area contributed by atoms with Crippen LogP contribution in [0.15, 0.2) is 12.2 Å². The van der Waals surface area contributed by atoms with Crippen LogP contribution in [-0.4, -0.2) is 56.3 Å². The molecule has 0 fully saturated rings. The first-order chi connectivity index (χ1) is 9.83. The van der Waals surface area contributed by atoms with Crippen molar-refractivity contribution in [3.63, 3.8) is 0 Å². The molecule has 0 aromatic heterocycles. The molecular formula is C14H21NO6. The SMILES string of the molecule is COC(=O)/C=C/C(=O)OCCN(C)C(=O)C(C)C(C)C=O. The molecule has 0 aliphatic rings. The molecule has 0 N–H and O–H groups in total. The van der Waals surface area contributed by atoms with Gasteiger partial charge >= 0.3 is 11.9 Å². The van der Waals surface area contributed by atoms with Gasteiger partial charge in [0.1, 0.15) is 12.9 Å². The first kappa shape index (κ1) is 18.8. The number of likely N-dealkylation sites (N-methyl/N-ethyl adjacent to an activating group) is 1. The van der Waals surface area contributed by atoms with Gasteiger partial charge < -0.3 is 19.2 Å². The molecule has 0 aromatic carbocycles. The minimum atomic E-state index is -0.699. The number of carbonyl (C=O) groups excluding carboxylic acids is 4. The molecule has 1 amide bonds. The molecule has 7 heteroatoms. The van der Waals surface area contributed by atoms with Gasteiger partial charge in [0.2, 0.25) is 5.91 Å². The van der Waals surface area contributed by atoms with Gasteiger partial charge in [0.15, 0.2) is 0 Å². The van der Waals surface area contributed by atoms with Crippen molar-refractivity contribution in [2.24, 2.45) is 11.8 Å². The summed E-state index contributed by atoms with van der Waals surface area (Å²) in [7, 11) is 2.76. The number of rotatable bonds is 8. The molecule has 0 radical (unpaired) electrons. The average Bonchev–Trinajstić information content (AvgIpc) is 2.49. The Morgan fingerprint density at radius 3 is 2.24 bits per heavy atom. The number of carbonyl (C=O) groups is 4. The van der Waals surface area contributed by atoms with Crippen molar-refractivity contribution in [2.45, 2.75) is 13.8 Å². The minimum Gasteiger partial charge on any atom is -0.466 e. The van der Waals surface area contributed by atoms with E-state index in [-0.39, 0.29) is 25.0 Å². The zero-order chi connectivity index (χ0) is 16.4. The fourth-order valence-corrected chi connectivity index (χ4v) is 1.34. The number of ether oxygens (including phenoxy) is 2. The van der Waals surface area contributed by atoms with Crippen molar-refractivity contribution < 1.29 is 28.7 Å². The van der Waals surface area contributed by atoms with Crippen molar-refractivity contribution in [3.05, 3.63) is 12.2 Å². The van der Waals surface area contributed by atoms with Crippen LogP contribution in [0.4, 0.5) is 0 Å². The number of aldehydes is 1. The Balaban J connectivity index is 4.14. The molecule has 0 spiro atoms. The van der Waals surface area contributed by atoms with Gasteiger partial charge in [-0.25, -0.2) is 9.59 Å². The van der Waals surface area contributed by atoms with Crippen LogP contribution in [0.2, 0.25) is 0 Å². The molecular weight excluding hydrogens is 278 g/mol. The van der Waals surface area contributed by atoms with Crippen LogP contribution < -0.4 is 0 Å². The molecule has 0 rings (SSSR count). The molecule has 0 bridgehead atoms. The Hall–Kier alpha value is -2.18. The van der Waals surface area contributed by atoms with Gasteiger partial charge in [-0.3, -0.25) is 4.79 Å². The standard InChI is InChI=1S/C14H21NO6/c1-10(9-16)11(2)14(19)15(3)7-8-21-13(18)6-5-12(17)20-4/h5-6,9-11H,7-8H2,1-4H3/b6-5+. The van der Waals surface area contributed by atoms with Crippen molar-refractivity contribution in [1.29, 1.82) is 0 Å². The van der Waals surface area contributed by atoms with Crippen LogP contribution in [0, 0.1) is 11.8 Å². The number of hydrogen-bond acceptors (Lipinski definition) is 6. The van der Waals surface area contributed by atoms with Gasteiger partial charge in [-0.15, -0.1) is 0 Å². The molecule has 0 saturated carbocycles. The summed E-state index contributed by atoms with van der Waals surface area (Å²) in [6, 6.07) is 0. The van der Waals surface area contributed by atoms with Gasteiger partial charge in [-0.2, -0.15) is 0 Å². The van der Waals surface area contributed by atoms with E-state index in [1.807, 2.05) is 0 Å². The van der Waals surface area contributed by atoms with E-state index in [0.29, 0.717) is 0 Å². The number of hydrogen-bond donors (Lipinski definition) is 0. The molecule has 118 valence electrons. The molecule has 0 aliphatic heterocycles. The average molecular weight is 299 g/mol. The molecule has 2 atom stereocenters. The smallest absolute Gasteiger partial charge is 0.331 e. The first-order valence-electron chi connectivity index (χ1n) is 6.46. The normalized spacial score (nSPS) is 13.3. The van der Waals surface area contributed by atoms with E-state index in [0.717, 1.165) is 18.4 Å². The third-order valence-corrected chi connectivity index (χ3v) is 3.00. The van der Waals surface area contributed by atoms with Crippen molar-refractivity contribution in [2.75, 3.05) is 27.3 Å². The van der Waals surface area contributed by atoms with Crippen LogP contribution in [0.5, 0.6) is 0 Å². The zero-order valence-corrected chi connectivity index (χ0v) is 12.7. The summed E-state index contributed by atoms with van der Waals surface area (Å²) in [6.07, 6.45) is 2.63. The van der Waals surface area contributed by atoms with Crippen molar-refractivity contribution in [3.8, 4) is 0 Å². The number of amides is 1. The lowest BCUT2D eigenvalue weighted by Crippen LogP contribution is -2.37. The molecule has 0 aromatic rings. The minimum absolute atomic E-state index is 0.00518. The second kappa shape index (κ2) is 9.68. The van der Waals surface area contributed by atoms with Gasteiger partial charge in [0, 0.05) is 31.0 Å². The van der Waals surface area contributed by atoms with Crippen molar-refractivity contribution in [1.82, 2.24) is 4.90 Å². The number of esters is 2. The molecule has 0 saturated heterocycles. The predicted molar refractivity (Wildman–Crippen MR) is 74.1 cm³/mol. The highest BCUT2D eigenvalue weighted by atomic mass is 16.5. The summed E-state index contributed by atoms with van der Waals surface area (Å²) in [4.78, 5) is 46.0. The third kappa shape index (κ3) is 7.24. The Labute approximate surface area is 123 Å². The Morgan fingerprint density at radius 2 is 1.71 bits per heavy atom.